The van der Waals surface area contributed by atoms with Crippen LogP contribution >= 0.6 is 0 Å². The Morgan fingerprint density at radius 1 is 1.07 bits per heavy atom. The molecule has 4 aliphatic rings. The number of benzene rings is 1. The lowest BCUT2D eigenvalue weighted by Gasteiger charge is -2.54. The maximum Gasteiger partial charge on any atom is 0.231 e. The summed E-state index contributed by atoms with van der Waals surface area (Å²) in [6.07, 6.45) is 1.85. The van der Waals surface area contributed by atoms with Crippen LogP contribution in [0.3, 0.4) is 0 Å². The molecule has 0 aromatic heterocycles. The molecule has 0 bridgehead atoms. The predicted octanol–water partition coefficient (Wildman–Crippen LogP) is 1.68. The smallest absolute Gasteiger partial charge is 0.231 e. The second-order valence-electron chi connectivity index (χ2n) is 7.60. The summed E-state index contributed by atoms with van der Waals surface area (Å²) in [4.78, 5) is 27.7. The van der Waals surface area contributed by atoms with E-state index in [2.05, 4.69) is 0 Å². The van der Waals surface area contributed by atoms with Gasteiger partial charge in [-0.3, -0.25) is 9.59 Å². The molecule has 1 fully saturated rings. The molecule has 2 atom stereocenters. The summed E-state index contributed by atoms with van der Waals surface area (Å²) in [5, 5.41) is 0. The highest BCUT2D eigenvalue weighted by atomic mass is 16.7. The first-order valence-electron chi connectivity index (χ1n) is 9.04. The van der Waals surface area contributed by atoms with Gasteiger partial charge in [-0.1, -0.05) is 0 Å². The van der Waals surface area contributed by atoms with Crippen molar-refractivity contribution in [1.82, 2.24) is 4.90 Å². The van der Waals surface area contributed by atoms with Crippen LogP contribution in [-0.2, 0) is 30.9 Å². The molecule has 142 valence electrons. The first kappa shape index (κ1) is 16.5. The van der Waals surface area contributed by atoms with E-state index in [1.54, 1.807) is 11.9 Å². The number of methoxy groups -OCH3 is 2. The van der Waals surface area contributed by atoms with Gasteiger partial charge >= 0.3 is 0 Å². The van der Waals surface area contributed by atoms with Crippen molar-refractivity contribution in [2.24, 2.45) is 0 Å². The Labute approximate surface area is 156 Å². The summed E-state index contributed by atoms with van der Waals surface area (Å²) in [6, 6.07) is 3.95. The van der Waals surface area contributed by atoms with Gasteiger partial charge in [0.15, 0.2) is 17.3 Å². The summed E-state index contributed by atoms with van der Waals surface area (Å²) < 4.78 is 22.3. The van der Waals surface area contributed by atoms with Crippen LogP contribution < -0.4 is 9.47 Å². The number of ether oxygens (including phenoxy) is 4. The zero-order chi connectivity index (χ0) is 19.0. The van der Waals surface area contributed by atoms with Crippen LogP contribution in [0.4, 0.5) is 0 Å². The van der Waals surface area contributed by atoms with Gasteiger partial charge in [-0.15, -0.1) is 0 Å². The Balaban J connectivity index is 1.83. The molecule has 0 radical (unpaired) electrons. The van der Waals surface area contributed by atoms with Crippen LogP contribution in [0.25, 0.3) is 0 Å². The molecule has 1 aromatic rings. The van der Waals surface area contributed by atoms with Crippen molar-refractivity contribution in [1.29, 1.82) is 0 Å². The molecule has 1 amide bonds. The SMILES string of the molecule is COC1=C(OC)[C@]23CCc4cc5c(cc4[C@@]2(CC1=O)CC(=O)N3C)OCO5. The second kappa shape index (κ2) is 5.18. The Bertz CT molecular complexity index is 921. The first-order valence-corrected chi connectivity index (χ1v) is 9.04. The van der Waals surface area contributed by atoms with Crippen LogP contribution in [0.2, 0.25) is 0 Å². The van der Waals surface area contributed by atoms with E-state index in [0.29, 0.717) is 17.9 Å². The number of hydrogen-bond donors (Lipinski definition) is 0. The van der Waals surface area contributed by atoms with Gasteiger partial charge in [0.1, 0.15) is 5.54 Å². The van der Waals surface area contributed by atoms with Crippen molar-refractivity contribution in [2.75, 3.05) is 28.1 Å². The zero-order valence-electron chi connectivity index (χ0n) is 15.6. The molecule has 0 spiro atoms. The standard InChI is InChI=1S/C20H21NO6/c1-21-16(23)9-19-8-13(22)17(24-2)18(25-3)20(19,21)5-4-11-6-14-15(7-12(11)19)27-10-26-14/h6-7H,4-5,8-10H2,1-3H3/t19-,20-/m1/s1. The third-order valence-corrected chi connectivity index (χ3v) is 6.77. The molecule has 0 unspecified atom stereocenters. The van der Waals surface area contributed by atoms with Crippen LogP contribution in [-0.4, -0.2) is 50.2 Å². The van der Waals surface area contributed by atoms with Crippen molar-refractivity contribution in [3.05, 3.63) is 34.8 Å². The van der Waals surface area contributed by atoms with Crippen molar-refractivity contribution < 1.29 is 28.5 Å². The summed E-state index contributed by atoms with van der Waals surface area (Å²) in [6.45, 7) is 0.186. The average molecular weight is 371 g/mol. The number of allylic oxidation sites excluding steroid dienone is 1. The highest BCUT2D eigenvalue weighted by molar-refractivity contribution is 6.00. The number of carbonyl (C=O) groups is 2. The van der Waals surface area contributed by atoms with Crippen molar-refractivity contribution >= 4 is 11.7 Å². The summed E-state index contributed by atoms with van der Waals surface area (Å²) in [7, 11) is 4.81. The molecule has 2 aliphatic heterocycles. The summed E-state index contributed by atoms with van der Waals surface area (Å²) in [5.74, 6) is 1.92. The van der Waals surface area contributed by atoms with E-state index in [0.717, 1.165) is 23.3 Å². The van der Waals surface area contributed by atoms with Crippen molar-refractivity contribution in [3.63, 3.8) is 0 Å². The molecular formula is C20H21NO6. The topological polar surface area (TPSA) is 74.3 Å². The van der Waals surface area contributed by atoms with Crippen molar-refractivity contribution in [2.45, 2.75) is 36.6 Å². The van der Waals surface area contributed by atoms with Crippen molar-refractivity contribution in [3.8, 4) is 11.5 Å². The van der Waals surface area contributed by atoms with E-state index in [1.807, 2.05) is 12.1 Å². The van der Waals surface area contributed by atoms with E-state index < -0.39 is 11.0 Å². The van der Waals surface area contributed by atoms with Crippen LogP contribution in [0.15, 0.2) is 23.7 Å². The van der Waals surface area contributed by atoms with E-state index in [9.17, 15) is 9.59 Å². The van der Waals surface area contributed by atoms with Gasteiger partial charge in [-0.2, -0.15) is 0 Å². The number of rotatable bonds is 2. The van der Waals surface area contributed by atoms with Crippen LogP contribution in [0.5, 0.6) is 11.5 Å². The lowest BCUT2D eigenvalue weighted by atomic mass is 9.54. The quantitative estimate of drug-likeness (QED) is 0.788. The fourth-order valence-electron chi connectivity index (χ4n) is 5.66. The predicted molar refractivity (Wildman–Crippen MR) is 93.4 cm³/mol. The Hall–Kier alpha value is -2.70. The molecule has 27 heavy (non-hydrogen) atoms. The normalized spacial score (nSPS) is 30.9. The highest BCUT2D eigenvalue weighted by Gasteiger charge is 2.70. The van der Waals surface area contributed by atoms with Gasteiger partial charge in [0.05, 0.1) is 14.2 Å². The Kier molecular flexibility index (Phi) is 3.16. The fraction of sp³-hybridized carbons (Fsp3) is 0.500. The monoisotopic (exact) mass is 371 g/mol. The number of carbonyl (C=O) groups excluding carboxylic acids is 2. The number of amides is 1. The minimum atomic E-state index is -0.737. The number of likely N-dealkylation sites (tertiary alicyclic amines) is 1. The van der Waals surface area contributed by atoms with Gasteiger partial charge < -0.3 is 23.8 Å². The average Bonchev–Trinajstić information content (AvgIpc) is 3.20. The molecule has 0 saturated carbocycles. The van der Waals surface area contributed by atoms with Gasteiger partial charge in [0.2, 0.25) is 24.2 Å². The number of hydrogen-bond acceptors (Lipinski definition) is 6. The maximum absolute atomic E-state index is 13.0. The zero-order valence-corrected chi connectivity index (χ0v) is 15.6. The number of nitrogens with zero attached hydrogens (tertiary/aromatic N) is 1. The fourth-order valence-corrected chi connectivity index (χ4v) is 5.66. The van der Waals surface area contributed by atoms with Crippen LogP contribution in [0.1, 0.15) is 30.4 Å². The Morgan fingerprint density at radius 2 is 1.81 bits per heavy atom. The number of likely N-dealkylation sites (N-methyl/N-ethyl adjacent to an activating group) is 1. The number of ketones is 1. The molecular weight excluding hydrogens is 350 g/mol. The Morgan fingerprint density at radius 3 is 2.52 bits per heavy atom. The minimum absolute atomic E-state index is 0.000204. The molecule has 1 aromatic carbocycles. The van der Waals surface area contributed by atoms with Gasteiger partial charge in [-0.05, 0) is 36.1 Å². The number of aryl methyl sites for hydroxylation is 1. The lowest BCUT2D eigenvalue weighted by molar-refractivity contribution is -0.131. The van der Waals surface area contributed by atoms with Gasteiger partial charge in [-0.25, -0.2) is 0 Å². The largest absolute Gasteiger partial charge is 0.495 e. The summed E-state index contributed by atoms with van der Waals surface area (Å²) in [5.41, 5.74) is 0.646. The van der Waals surface area contributed by atoms with Gasteiger partial charge in [0, 0.05) is 25.3 Å². The molecule has 2 aliphatic carbocycles. The lowest BCUT2D eigenvalue weighted by Crippen LogP contribution is -2.62. The van der Waals surface area contributed by atoms with E-state index in [4.69, 9.17) is 18.9 Å². The molecule has 0 N–H and O–H groups in total. The first-order chi connectivity index (χ1) is 13.0. The highest BCUT2D eigenvalue weighted by Crippen LogP contribution is 2.62. The molecule has 5 rings (SSSR count). The third kappa shape index (κ3) is 1.72. The van der Waals surface area contributed by atoms with Gasteiger partial charge in [0.25, 0.3) is 0 Å². The number of Topliss-reactive ketones (excluding diaryl/α,β-unsaturated/α-hetero) is 1. The van der Waals surface area contributed by atoms with E-state index in [-0.39, 0.29) is 37.1 Å². The van der Waals surface area contributed by atoms with Crippen LogP contribution in [0, 0.1) is 0 Å². The minimum Gasteiger partial charge on any atom is -0.495 e. The molecule has 2 heterocycles. The number of fused-ring (bicyclic) bond motifs is 2. The van der Waals surface area contributed by atoms with E-state index in [1.165, 1.54) is 14.2 Å². The third-order valence-electron chi connectivity index (χ3n) is 6.77. The maximum atomic E-state index is 13.0. The molecule has 7 nitrogen and oxygen atoms in total. The van der Waals surface area contributed by atoms with E-state index >= 15 is 0 Å². The summed E-state index contributed by atoms with van der Waals surface area (Å²) >= 11 is 0. The second-order valence-corrected chi connectivity index (χ2v) is 7.60. The molecule has 7 heteroatoms. The molecule has 1 saturated heterocycles.